The SMILES string of the molecule is COC(C)CCC(=O)NC1(C(=O)O)CCCCC1. The van der Waals surface area contributed by atoms with Crippen LogP contribution in [-0.4, -0.2) is 35.7 Å². The Kier molecular flexibility index (Phi) is 5.59. The number of nitrogens with one attached hydrogen (secondary N) is 1. The summed E-state index contributed by atoms with van der Waals surface area (Å²) in [6, 6.07) is 0. The first kappa shape index (κ1) is 15.0. The summed E-state index contributed by atoms with van der Waals surface area (Å²) < 4.78 is 5.07. The fourth-order valence-electron chi connectivity index (χ4n) is 2.33. The van der Waals surface area contributed by atoms with Crippen LogP contribution in [0, 0.1) is 0 Å². The summed E-state index contributed by atoms with van der Waals surface area (Å²) in [4.78, 5) is 23.2. The highest BCUT2D eigenvalue weighted by Crippen LogP contribution is 2.28. The highest BCUT2D eigenvalue weighted by Gasteiger charge is 2.40. The molecule has 1 amide bonds. The van der Waals surface area contributed by atoms with E-state index in [-0.39, 0.29) is 12.0 Å². The normalized spacial score (nSPS) is 20.1. The largest absolute Gasteiger partial charge is 0.480 e. The Balaban J connectivity index is 2.50. The van der Waals surface area contributed by atoms with Gasteiger partial charge in [0.05, 0.1) is 6.10 Å². The number of hydrogen-bond acceptors (Lipinski definition) is 3. The quantitative estimate of drug-likeness (QED) is 0.759. The minimum atomic E-state index is -1.04. The summed E-state index contributed by atoms with van der Waals surface area (Å²) in [5, 5.41) is 12.0. The van der Waals surface area contributed by atoms with Crippen molar-refractivity contribution >= 4 is 11.9 Å². The molecule has 1 rings (SSSR count). The number of hydrogen-bond donors (Lipinski definition) is 2. The molecule has 1 saturated carbocycles. The average Bonchev–Trinajstić information content (AvgIpc) is 2.36. The van der Waals surface area contributed by atoms with Gasteiger partial charge < -0.3 is 15.2 Å². The number of carboxylic acid groups (broad SMARTS) is 1. The third-order valence-electron chi connectivity index (χ3n) is 3.68. The number of ether oxygens (including phenoxy) is 1. The van der Waals surface area contributed by atoms with Crippen molar-refractivity contribution in [3.63, 3.8) is 0 Å². The molecule has 5 heteroatoms. The van der Waals surface area contributed by atoms with Crippen molar-refractivity contribution in [1.29, 1.82) is 0 Å². The van der Waals surface area contributed by atoms with E-state index in [1.54, 1.807) is 7.11 Å². The lowest BCUT2D eigenvalue weighted by molar-refractivity contribution is -0.149. The number of carbonyl (C=O) groups excluding carboxylic acids is 1. The van der Waals surface area contributed by atoms with Gasteiger partial charge >= 0.3 is 5.97 Å². The van der Waals surface area contributed by atoms with Gasteiger partial charge in [0.25, 0.3) is 0 Å². The molecule has 0 aliphatic heterocycles. The molecule has 18 heavy (non-hydrogen) atoms. The Morgan fingerprint density at radius 1 is 1.33 bits per heavy atom. The van der Waals surface area contributed by atoms with Crippen molar-refractivity contribution in [1.82, 2.24) is 5.32 Å². The molecule has 5 nitrogen and oxygen atoms in total. The molecule has 0 heterocycles. The first-order valence-electron chi connectivity index (χ1n) is 6.57. The average molecular weight is 257 g/mol. The minimum absolute atomic E-state index is 0.0166. The van der Waals surface area contributed by atoms with Gasteiger partial charge in [-0.1, -0.05) is 19.3 Å². The van der Waals surface area contributed by atoms with Gasteiger partial charge in [0, 0.05) is 13.5 Å². The number of methoxy groups -OCH3 is 1. The zero-order chi connectivity index (χ0) is 13.6. The third kappa shape index (κ3) is 3.98. The van der Waals surface area contributed by atoms with E-state index in [9.17, 15) is 14.7 Å². The second-order valence-electron chi connectivity index (χ2n) is 5.08. The summed E-state index contributed by atoms with van der Waals surface area (Å²) in [6.45, 7) is 1.89. The Hall–Kier alpha value is -1.10. The maximum absolute atomic E-state index is 11.8. The van der Waals surface area contributed by atoms with Crippen LogP contribution < -0.4 is 5.32 Å². The van der Waals surface area contributed by atoms with E-state index in [1.165, 1.54) is 0 Å². The van der Waals surface area contributed by atoms with Gasteiger partial charge in [-0.3, -0.25) is 4.79 Å². The lowest BCUT2D eigenvalue weighted by Crippen LogP contribution is -2.55. The summed E-state index contributed by atoms with van der Waals surface area (Å²) in [5.74, 6) is -1.10. The van der Waals surface area contributed by atoms with Crippen LogP contribution in [0.15, 0.2) is 0 Å². The molecule has 1 unspecified atom stereocenters. The summed E-state index contributed by atoms with van der Waals surface area (Å²) in [7, 11) is 1.60. The first-order valence-corrected chi connectivity index (χ1v) is 6.57. The Labute approximate surface area is 108 Å². The Bertz CT molecular complexity index is 297. The van der Waals surface area contributed by atoms with Gasteiger partial charge in [0.15, 0.2) is 0 Å². The van der Waals surface area contributed by atoms with Crippen LogP contribution in [0.1, 0.15) is 51.9 Å². The minimum Gasteiger partial charge on any atom is -0.480 e. The molecule has 0 saturated heterocycles. The van der Waals surface area contributed by atoms with Crippen LogP contribution in [0.4, 0.5) is 0 Å². The van der Waals surface area contributed by atoms with Crippen LogP contribution in [0.25, 0.3) is 0 Å². The fourth-order valence-corrected chi connectivity index (χ4v) is 2.33. The number of carbonyl (C=O) groups is 2. The van der Waals surface area contributed by atoms with Crippen molar-refractivity contribution < 1.29 is 19.4 Å². The summed E-state index contributed by atoms with van der Waals surface area (Å²) in [5.41, 5.74) is -1.04. The van der Waals surface area contributed by atoms with Gasteiger partial charge in [-0.15, -0.1) is 0 Å². The van der Waals surface area contributed by atoms with Crippen molar-refractivity contribution in [3.05, 3.63) is 0 Å². The Morgan fingerprint density at radius 2 is 1.94 bits per heavy atom. The van der Waals surface area contributed by atoms with Crippen LogP contribution >= 0.6 is 0 Å². The second-order valence-corrected chi connectivity index (χ2v) is 5.08. The van der Waals surface area contributed by atoms with E-state index in [1.807, 2.05) is 6.92 Å². The number of carboxylic acids is 1. The van der Waals surface area contributed by atoms with Crippen LogP contribution in [-0.2, 0) is 14.3 Å². The molecule has 0 aromatic carbocycles. The first-order chi connectivity index (χ1) is 8.50. The molecular formula is C13H23NO4. The maximum Gasteiger partial charge on any atom is 0.329 e. The van der Waals surface area contributed by atoms with Crippen LogP contribution in [0.2, 0.25) is 0 Å². The van der Waals surface area contributed by atoms with Gasteiger partial charge in [0.1, 0.15) is 5.54 Å². The number of aliphatic carboxylic acids is 1. The highest BCUT2D eigenvalue weighted by molar-refractivity contribution is 5.87. The van der Waals surface area contributed by atoms with E-state index in [4.69, 9.17) is 4.74 Å². The summed E-state index contributed by atoms with van der Waals surface area (Å²) in [6.07, 6.45) is 4.78. The molecule has 1 atom stereocenters. The Morgan fingerprint density at radius 3 is 2.44 bits per heavy atom. The van der Waals surface area contributed by atoms with E-state index in [0.717, 1.165) is 19.3 Å². The van der Waals surface area contributed by atoms with Gasteiger partial charge in [0.2, 0.25) is 5.91 Å². The summed E-state index contributed by atoms with van der Waals surface area (Å²) >= 11 is 0. The number of amides is 1. The zero-order valence-corrected chi connectivity index (χ0v) is 11.2. The molecule has 1 aliphatic carbocycles. The van der Waals surface area contributed by atoms with Crippen LogP contribution in [0.5, 0.6) is 0 Å². The van der Waals surface area contributed by atoms with Crippen molar-refractivity contribution in [2.45, 2.75) is 63.5 Å². The molecule has 104 valence electrons. The molecule has 0 radical (unpaired) electrons. The van der Waals surface area contributed by atoms with E-state index in [0.29, 0.717) is 25.7 Å². The molecule has 0 bridgehead atoms. The molecular weight excluding hydrogens is 234 g/mol. The van der Waals surface area contributed by atoms with Crippen LogP contribution in [0.3, 0.4) is 0 Å². The molecule has 0 aromatic rings. The molecule has 0 aromatic heterocycles. The van der Waals surface area contributed by atoms with Gasteiger partial charge in [-0.25, -0.2) is 4.79 Å². The molecule has 1 aliphatic rings. The van der Waals surface area contributed by atoms with Crippen molar-refractivity contribution in [3.8, 4) is 0 Å². The third-order valence-corrected chi connectivity index (χ3v) is 3.68. The standard InChI is InChI=1S/C13H23NO4/c1-10(18-2)6-7-11(15)14-13(12(16)17)8-4-3-5-9-13/h10H,3-9H2,1-2H3,(H,14,15)(H,16,17). The lowest BCUT2D eigenvalue weighted by atomic mass is 9.81. The lowest BCUT2D eigenvalue weighted by Gasteiger charge is -2.34. The second kappa shape index (κ2) is 6.73. The van der Waals surface area contributed by atoms with Crippen molar-refractivity contribution in [2.24, 2.45) is 0 Å². The van der Waals surface area contributed by atoms with Crippen molar-refractivity contribution in [2.75, 3.05) is 7.11 Å². The van der Waals surface area contributed by atoms with E-state index < -0.39 is 11.5 Å². The van der Waals surface area contributed by atoms with Gasteiger partial charge in [-0.05, 0) is 26.2 Å². The molecule has 0 spiro atoms. The zero-order valence-electron chi connectivity index (χ0n) is 11.2. The predicted molar refractivity (Wildman–Crippen MR) is 67.3 cm³/mol. The fraction of sp³-hybridized carbons (Fsp3) is 0.846. The van der Waals surface area contributed by atoms with E-state index >= 15 is 0 Å². The number of rotatable bonds is 6. The maximum atomic E-state index is 11.8. The predicted octanol–water partition coefficient (Wildman–Crippen LogP) is 1.71. The van der Waals surface area contributed by atoms with Gasteiger partial charge in [-0.2, -0.15) is 0 Å². The molecule has 2 N–H and O–H groups in total. The highest BCUT2D eigenvalue weighted by atomic mass is 16.5. The smallest absolute Gasteiger partial charge is 0.329 e. The monoisotopic (exact) mass is 257 g/mol. The molecule has 1 fully saturated rings. The van der Waals surface area contributed by atoms with E-state index in [2.05, 4.69) is 5.32 Å². The topological polar surface area (TPSA) is 75.6 Å².